The van der Waals surface area contributed by atoms with Crippen LogP contribution in [0.4, 0.5) is 5.95 Å². The summed E-state index contributed by atoms with van der Waals surface area (Å²) in [6.07, 6.45) is 4.73. The summed E-state index contributed by atoms with van der Waals surface area (Å²) in [5, 5.41) is 25.1. The molecule has 0 aliphatic heterocycles. The number of carboxylic acid groups (broad SMARTS) is 1. The quantitative estimate of drug-likeness (QED) is 0.118. The lowest BCUT2D eigenvalue weighted by atomic mass is 10.1. The number of hydrogen-bond donors (Lipinski definition) is 6. The normalized spacial score (nSPS) is 12.3. The zero-order valence-corrected chi connectivity index (χ0v) is 25.3. The van der Waals surface area contributed by atoms with Gasteiger partial charge in [0.1, 0.15) is 11.6 Å². The van der Waals surface area contributed by atoms with Crippen LogP contribution >= 0.6 is 0 Å². The highest BCUT2D eigenvalue weighted by atomic mass is 32.2. The zero-order chi connectivity index (χ0) is 32.2. The maximum atomic E-state index is 13.4. The molecule has 0 aliphatic rings. The summed E-state index contributed by atoms with van der Waals surface area (Å²) in [6.45, 7) is 5.48. The van der Waals surface area contributed by atoms with Gasteiger partial charge in [0.2, 0.25) is 21.4 Å². The summed E-state index contributed by atoms with van der Waals surface area (Å²) >= 11 is 0. The monoisotopic (exact) mass is 625 g/mol. The van der Waals surface area contributed by atoms with Gasteiger partial charge >= 0.3 is 5.97 Å². The number of nitrogens with two attached hydrogens (primary N) is 1. The van der Waals surface area contributed by atoms with Crippen molar-refractivity contribution in [3.8, 4) is 0 Å². The first-order chi connectivity index (χ1) is 20.8. The fourth-order valence-corrected chi connectivity index (χ4v) is 6.71. The molecule has 7 N–H and O–H groups in total. The van der Waals surface area contributed by atoms with Crippen LogP contribution in [0.1, 0.15) is 39.0 Å². The number of nitrogens with zero attached hydrogens (tertiary/aromatic N) is 3. The van der Waals surface area contributed by atoms with Gasteiger partial charge in [0, 0.05) is 31.2 Å². The molecule has 2 aromatic carbocycles. The van der Waals surface area contributed by atoms with Gasteiger partial charge in [-0.2, -0.15) is 9.45 Å². The number of pyridine rings is 1. The van der Waals surface area contributed by atoms with E-state index in [1.807, 2.05) is 6.92 Å². The van der Waals surface area contributed by atoms with Crippen LogP contribution in [0.25, 0.3) is 10.9 Å². The molecule has 44 heavy (non-hydrogen) atoms. The smallest absolute Gasteiger partial charge is 0.323 e. The van der Waals surface area contributed by atoms with Gasteiger partial charge in [0.15, 0.2) is 0 Å². The maximum Gasteiger partial charge on any atom is 0.323 e. The summed E-state index contributed by atoms with van der Waals surface area (Å²) in [7, 11) is -4.26. The van der Waals surface area contributed by atoms with Crippen LogP contribution in [0.5, 0.6) is 0 Å². The van der Waals surface area contributed by atoms with Crippen LogP contribution in [0, 0.1) is 20.8 Å². The number of fused-ring (bicyclic) bond motifs is 1. The molecule has 0 fully saturated rings. The van der Waals surface area contributed by atoms with Crippen molar-refractivity contribution < 1.29 is 28.3 Å². The molecule has 1 atom stereocenters. The molecule has 4 rings (SSSR count). The van der Waals surface area contributed by atoms with Crippen molar-refractivity contribution in [2.75, 3.05) is 18.4 Å². The Bertz CT molecular complexity index is 1860. The number of rotatable bonds is 13. The first-order valence-electron chi connectivity index (χ1n) is 13.8. The summed E-state index contributed by atoms with van der Waals surface area (Å²) in [5.74, 6) is -2.12. The summed E-state index contributed by atoms with van der Waals surface area (Å²) < 4.78 is 31.0. The lowest BCUT2D eigenvalue weighted by Crippen LogP contribution is -2.49. The number of amides is 1. The van der Waals surface area contributed by atoms with E-state index in [-0.39, 0.29) is 28.3 Å². The standard InChI is InChI=1S/C29H35N7O7S/c1-17-11-18(2)26(19(3)12-17)44(42,43)34-23(28(39)40)15-32-27(38)22-16-35(9-4-7-30)24-13-20(5-6-21(24)25(22)37)14-33-29-31-8-10-36(29)41/h5-6,8,10-13,16,23,34,41H,4,7,9,14-15,30H2,1-3H3,(H,31,33)(H,32,38)(H,39,40). The lowest BCUT2D eigenvalue weighted by molar-refractivity contribution is -0.138. The van der Waals surface area contributed by atoms with E-state index in [0.29, 0.717) is 36.2 Å². The van der Waals surface area contributed by atoms with Crippen molar-refractivity contribution in [2.24, 2.45) is 5.73 Å². The fraction of sp³-hybridized carbons (Fsp3) is 0.310. The average Bonchev–Trinajstić information content (AvgIpc) is 3.37. The maximum absolute atomic E-state index is 13.4. The highest BCUT2D eigenvalue weighted by Gasteiger charge is 2.29. The molecule has 4 aromatic rings. The van der Waals surface area contributed by atoms with E-state index < -0.39 is 39.9 Å². The molecule has 15 heteroatoms. The van der Waals surface area contributed by atoms with Gasteiger partial charge in [-0.15, -0.1) is 0 Å². The molecule has 2 heterocycles. The van der Waals surface area contributed by atoms with Crippen LogP contribution in [-0.4, -0.2) is 64.0 Å². The highest BCUT2D eigenvalue weighted by Crippen LogP contribution is 2.22. The Morgan fingerprint density at radius 3 is 2.43 bits per heavy atom. The first kappa shape index (κ1) is 32.2. The van der Waals surface area contributed by atoms with Crippen LogP contribution in [0.2, 0.25) is 0 Å². The van der Waals surface area contributed by atoms with Gasteiger partial charge in [-0.1, -0.05) is 23.8 Å². The minimum atomic E-state index is -4.26. The van der Waals surface area contributed by atoms with Gasteiger partial charge < -0.3 is 31.2 Å². The largest absolute Gasteiger partial charge is 0.480 e. The predicted octanol–water partition coefficient (Wildman–Crippen LogP) is 1.48. The van der Waals surface area contributed by atoms with E-state index >= 15 is 0 Å². The number of aromatic nitrogens is 3. The Labute approximate surface area is 253 Å². The van der Waals surface area contributed by atoms with E-state index in [2.05, 4.69) is 20.3 Å². The number of aliphatic carboxylic acids is 1. The minimum absolute atomic E-state index is 0.0332. The van der Waals surface area contributed by atoms with Crippen LogP contribution in [0.15, 0.2) is 58.6 Å². The Kier molecular flexibility index (Phi) is 9.71. The minimum Gasteiger partial charge on any atom is -0.480 e. The number of nitrogens with one attached hydrogen (secondary N) is 3. The second-order valence-corrected chi connectivity index (χ2v) is 12.1. The SMILES string of the molecule is Cc1cc(C)c(S(=O)(=O)NC(CNC(=O)c2cn(CCCN)c3cc(CNc4nccn4O)ccc3c2=O)C(=O)O)c(C)c1. The molecule has 0 aliphatic carbocycles. The third-order valence-electron chi connectivity index (χ3n) is 7.00. The fourth-order valence-electron chi connectivity index (χ4n) is 5.07. The van der Waals surface area contributed by atoms with Crippen molar-refractivity contribution in [1.82, 2.24) is 24.3 Å². The number of benzene rings is 2. The number of carbonyl (C=O) groups excluding carboxylic acids is 1. The Balaban J connectivity index is 1.58. The summed E-state index contributed by atoms with van der Waals surface area (Å²) in [5.41, 5.74) is 7.99. The van der Waals surface area contributed by atoms with Gasteiger partial charge in [0.05, 0.1) is 22.8 Å². The molecule has 2 aromatic heterocycles. The van der Waals surface area contributed by atoms with Gasteiger partial charge in [-0.3, -0.25) is 14.4 Å². The van der Waals surface area contributed by atoms with E-state index in [1.54, 1.807) is 48.7 Å². The molecule has 0 bridgehead atoms. The molecule has 1 unspecified atom stereocenters. The molecule has 14 nitrogen and oxygen atoms in total. The second kappa shape index (κ2) is 13.3. The average molecular weight is 626 g/mol. The number of imidazole rings is 1. The molecule has 0 spiro atoms. The molecule has 0 saturated carbocycles. The number of hydrogen-bond acceptors (Lipinski definition) is 9. The Morgan fingerprint density at radius 2 is 1.82 bits per heavy atom. The van der Waals surface area contributed by atoms with Crippen molar-refractivity contribution in [1.29, 1.82) is 0 Å². The summed E-state index contributed by atoms with van der Waals surface area (Å²) in [4.78, 5) is 42.6. The van der Waals surface area contributed by atoms with E-state index in [4.69, 9.17) is 5.73 Å². The van der Waals surface area contributed by atoms with Crippen LogP contribution < -0.4 is 26.5 Å². The van der Waals surface area contributed by atoms with E-state index in [0.717, 1.165) is 15.9 Å². The summed E-state index contributed by atoms with van der Waals surface area (Å²) in [6, 6.07) is 6.71. The number of aryl methyl sites for hydroxylation is 4. The molecular weight excluding hydrogens is 590 g/mol. The molecule has 0 radical (unpaired) electrons. The van der Waals surface area contributed by atoms with Crippen molar-refractivity contribution in [2.45, 2.75) is 51.2 Å². The van der Waals surface area contributed by atoms with Crippen LogP contribution in [0.3, 0.4) is 0 Å². The number of anilines is 1. The Morgan fingerprint density at radius 1 is 1.11 bits per heavy atom. The molecule has 234 valence electrons. The molecule has 0 saturated heterocycles. The molecular formula is C29H35N7O7S. The van der Waals surface area contributed by atoms with E-state index in [9.17, 15) is 33.1 Å². The third kappa shape index (κ3) is 7.07. The molecule has 1 amide bonds. The first-order valence-corrected chi connectivity index (χ1v) is 15.2. The number of carboxylic acids is 1. The zero-order valence-electron chi connectivity index (χ0n) is 24.5. The number of sulfonamides is 1. The topological polar surface area (TPSA) is 211 Å². The van der Waals surface area contributed by atoms with Gasteiger partial charge in [-0.05, 0) is 62.6 Å². The van der Waals surface area contributed by atoms with Crippen molar-refractivity contribution in [3.63, 3.8) is 0 Å². The van der Waals surface area contributed by atoms with Crippen molar-refractivity contribution in [3.05, 3.63) is 87.0 Å². The Hall–Kier alpha value is -4.73. The number of carbonyl (C=O) groups is 2. The van der Waals surface area contributed by atoms with Gasteiger partial charge in [0.25, 0.3) is 5.91 Å². The predicted molar refractivity (Wildman–Crippen MR) is 163 cm³/mol. The second-order valence-electron chi connectivity index (χ2n) is 10.5. The van der Waals surface area contributed by atoms with E-state index in [1.165, 1.54) is 18.6 Å². The lowest BCUT2D eigenvalue weighted by Gasteiger charge is -2.19. The van der Waals surface area contributed by atoms with Crippen molar-refractivity contribution >= 4 is 38.8 Å². The third-order valence-corrected chi connectivity index (χ3v) is 8.78. The van der Waals surface area contributed by atoms with Crippen LogP contribution in [-0.2, 0) is 27.9 Å². The van der Waals surface area contributed by atoms with Gasteiger partial charge in [-0.25, -0.2) is 13.4 Å². The highest BCUT2D eigenvalue weighted by molar-refractivity contribution is 7.89.